The summed E-state index contributed by atoms with van der Waals surface area (Å²) in [6.45, 7) is 6.46. The maximum atomic E-state index is 12.0. The Morgan fingerprint density at radius 1 is 0.871 bits per heavy atom. The average molecular weight is 415 g/mol. The number of ether oxygens (including phenoxy) is 1. The molecular formula is C25H25N3O3. The summed E-state index contributed by atoms with van der Waals surface area (Å²) in [4.78, 5) is 23.9. The topological polar surface area (TPSA) is 79.8 Å². The molecule has 0 aliphatic carbocycles. The number of rotatable bonds is 6. The molecule has 0 radical (unpaired) electrons. The lowest BCUT2D eigenvalue weighted by molar-refractivity contribution is -0.136. The molecule has 2 N–H and O–H groups in total. The van der Waals surface area contributed by atoms with Gasteiger partial charge in [-0.25, -0.2) is 5.43 Å². The van der Waals surface area contributed by atoms with Crippen molar-refractivity contribution in [2.75, 3.05) is 5.32 Å². The van der Waals surface area contributed by atoms with E-state index in [2.05, 4.69) is 28.8 Å². The van der Waals surface area contributed by atoms with Crippen LogP contribution >= 0.6 is 0 Å². The molecule has 0 aliphatic heterocycles. The molecule has 0 saturated carbocycles. The van der Waals surface area contributed by atoms with Crippen LogP contribution < -0.4 is 15.5 Å². The maximum Gasteiger partial charge on any atom is 0.329 e. The molecule has 0 saturated heterocycles. The Morgan fingerprint density at radius 2 is 1.61 bits per heavy atom. The van der Waals surface area contributed by atoms with E-state index in [4.69, 9.17) is 4.74 Å². The molecule has 0 aliphatic rings. The second-order valence-electron chi connectivity index (χ2n) is 7.24. The van der Waals surface area contributed by atoms with E-state index in [0.29, 0.717) is 12.3 Å². The lowest BCUT2D eigenvalue weighted by Gasteiger charge is -2.08. The Balaban J connectivity index is 1.48. The third-order valence-electron chi connectivity index (χ3n) is 4.89. The number of hydrogen-bond donors (Lipinski definition) is 2. The van der Waals surface area contributed by atoms with Crippen molar-refractivity contribution >= 4 is 23.7 Å². The fraction of sp³-hybridized carbons (Fsp3) is 0.160. The Bertz CT molecular complexity index is 1110. The molecule has 6 nitrogen and oxygen atoms in total. The Hall–Kier alpha value is -3.93. The quantitative estimate of drug-likeness (QED) is 0.358. The van der Waals surface area contributed by atoms with Gasteiger partial charge in [-0.1, -0.05) is 30.3 Å². The van der Waals surface area contributed by atoms with Crippen LogP contribution in [0.1, 0.15) is 27.8 Å². The molecule has 3 aromatic carbocycles. The summed E-state index contributed by atoms with van der Waals surface area (Å²) >= 11 is 0. The van der Waals surface area contributed by atoms with Crippen molar-refractivity contribution in [1.82, 2.24) is 5.43 Å². The number of nitrogens with zero attached hydrogens (tertiary/aromatic N) is 1. The second kappa shape index (κ2) is 10.2. The summed E-state index contributed by atoms with van der Waals surface area (Å²) in [7, 11) is 0. The summed E-state index contributed by atoms with van der Waals surface area (Å²) in [6.07, 6.45) is 1.46. The van der Waals surface area contributed by atoms with Gasteiger partial charge in [0.05, 0.1) is 6.21 Å². The van der Waals surface area contributed by atoms with Gasteiger partial charge in [0.15, 0.2) is 0 Å². The molecule has 3 rings (SSSR count). The van der Waals surface area contributed by atoms with Crippen LogP contribution in [-0.4, -0.2) is 18.0 Å². The SMILES string of the molecule is Cc1ccc(NC(=O)C(=O)NN=Cc2ccc(OCc3ccccc3C)cc2)cc1C. The van der Waals surface area contributed by atoms with E-state index in [1.54, 1.807) is 6.07 Å². The summed E-state index contributed by atoms with van der Waals surface area (Å²) in [5, 5.41) is 6.40. The molecule has 31 heavy (non-hydrogen) atoms. The zero-order valence-electron chi connectivity index (χ0n) is 17.8. The predicted octanol–water partition coefficient (Wildman–Crippen LogP) is 4.28. The first kappa shape index (κ1) is 21.8. The standard InChI is InChI=1S/C25H25N3O3/c1-17-8-11-22(14-19(17)3)27-24(29)25(30)28-26-15-20-9-12-23(13-10-20)31-16-21-7-5-4-6-18(21)2/h4-15H,16H2,1-3H3,(H,27,29)(H,28,30). The largest absolute Gasteiger partial charge is 0.489 e. The number of nitrogens with one attached hydrogen (secondary N) is 2. The van der Waals surface area contributed by atoms with Gasteiger partial charge in [-0.2, -0.15) is 5.10 Å². The Labute approximate surface area is 182 Å². The number of amides is 2. The van der Waals surface area contributed by atoms with Crippen molar-refractivity contribution in [3.05, 3.63) is 94.5 Å². The Kier molecular flexibility index (Phi) is 7.17. The van der Waals surface area contributed by atoms with E-state index in [9.17, 15) is 9.59 Å². The van der Waals surface area contributed by atoms with Crippen LogP contribution in [0.5, 0.6) is 5.75 Å². The molecule has 0 aromatic heterocycles. The number of anilines is 1. The first-order valence-corrected chi connectivity index (χ1v) is 9.91. The minimum atomic E-state index is -0.840. The molecule has 0 atom stereocenters. The molecule has 2 amide bonds. The predicted molar refractivity (Wildman–Crippen MR) is 122 cm³/mol. The highest BCUT2D eigenvalue weighted by Gasteiger charge is 2.13. The monoisotopic (exact) mass is 415 g/mol. The van der Waals surface area contributed by atoms with Crippen molar-refractivity contribution in [2.45, 2.75) is 27.4 Å². The number of hydrazone groups is 1. The van der Waals surface area contributed by atoms with E-state index >= 15 is 0 Å². The molecule has 0 fully saturated rings. The van der Waals surface area contributed by atoms with Gasteiger partial charge in [0.1, 0.15) is 12.4 Å². The summed E-state index contributed by atoms with van der Waals surface area (Å²) in [5.41, 5.74) is 8.02. The van der Waals surface area contributed by atoms with Gasteiger partial charge in [-0.3, -0.25) is 9.59 Å². The smallest absolute Gasteiger partial charge is 0.329 e. The van der Waals surface area contributed by atoms with Crippen LogP contribution in [-0.2, 0) is 16.2 Å². The fourth-order valence-electron chi connectivity index (χ4n) is 2.81. The van der Waals surface area contributed by atoms with E-state index in [-0.39, 0.29) is 0 Å². The molecule has 0 unspecified atom stereocenters. The number of aryl methyl sites for hydroxylation is 3. The van der Waals surface area contributed by atoms with E-state index < -0.39 is 11.8 Å². The zero-order chi connectivity index (χ0) is 22.2. The van der Waals surface area contributed by atoms with Crippen LogP contribution in [0.25, 0.3) is 0 Å². The average Bonchev–Trinajstić information content (AvgIpc) is 2.76. The van der Waals surface area contributed by atoms with Crippen molar-refractivity contribution < 1.29 is 14.3 Å². The van der Waals surface area contributed by atoms with E-state index in [1.807, 2.05) is 68.4 Å². The van der Waals surface area contributed by atoms with Gasteiger partial charge in [0, 0.05) is 5.69 Å². The van der Waals surface area contributed by atoms with Crippen LogP contribution in [0.4, 0.5) is 5.69 Å². The lowest BCUT2D eigenvalue weighted by Crippen LogP contribution is -2.32. The van der Waals surface area contributed by atoms with Crippen LogP contribution in [0, 0.1) is 20.8 Å². The highest BCUT2D eigenvalue weighted by atomic mass is 16.5. The number of carbonyl (C=O) groups excluding carboxylic acids is 2. The summed E-state index contributed by atoms with van der Waals surface area (Å²) in [6, 6.07) is 20.8. The van der Waals surface area contributed by atoms with Gasteiger partial charge in [0.25, 0.3) is 0 Å². The molecule has 0 spiro atoms. The van der Waals surface area contributed by atoms with Gasteiger partial charge in [-0.05, 0) is 85.0 Å². The first-order valence-electron chi connectivity index (χ1n) is 9.91. The van der Waals surface area contributed by atoms with Crippen LogP contribution in [0.2, 0.25) is 0 Å². The van der Waals surface area contributed by atoms with E-state index in [1.165, 1.54) is 11.8 Å². The molecular weight excluding hydrogens is 390 g/mol. The number of hydrogen-bond acceptors (Lipinski definition) is 4. The highest BCUT2D eigenvalue weighted by molar-refractivity contribution is 6.39. The lowest BCUT2D eigenvalue weighted by atomic mass is 10.1. The minimum absolute atomic E-state index is 0.492. The molecule has 0 bridgehead atoms. The van der Waals surface area contributed by atoms with Gasteiger partial charge in [-0.15, -0.1) is 0 Å². The van der Waals surface area contributed by atoms with Crippen LogP contribution in [0.15, 0.2) is 71.8 Å². The van der Waals surface area contributed by atoms with Crippen molar-refractivity contribution in [1.29, 1.82) is 0 Å². The van der Waals surface area contributed by atoms with Crippen molar-refractivity contribution in [3.63, 3.8) is 0 Å². The van der Waals surface area contributed by atoms with Gasteiger partial charge >= 0.3 is 11.8 Å². The maximum absolute atomic E-state index is 12.0. The molecule has 3 aromatic rings. The van der Waals surface area contributed by atoms with Gasteiger partial charge < -0.3 is 10.1 Å². The second-order valence-corrected chi connectivity index (χ2v) is 7.24. The first-order chi connectivity index (χ1) is 14.9. The Morgan fingerprint density at radius 3 is 2.32 bits per heavy atom. The normalized spacial score (nSPS) is 10.7. The third kappa shape index (κ3) is 6.27. The van der Waals surface area contributed by atoms with E-state index in [0.717, 1.165) is 28.0 Å². The molecule has 158 valence electrons. The fourth-order valence-corrected chi connectivity index (χ4v) is 2.81. The molecule has 0 heterocycles. The minimum Gasteiger partial charge on any atom is -0.489 e. The summed E-state index contributed by atoms with van der Waals surface area (Å²) in [5.74, 6) is -0.884. The van der Waals surface area contributed by atoms with Crippen molar-refractivity contribution in [3.8, 4) is 5.75 Å². The van der Waals surface area contributed by atoms with Crippen LogP contribution in [0.3, 0.4) is 0 Å². The van der Waals surface area contributed by atoms with Gasteiger partial charge in [0.2, 0.25) is 0 Å². The summed E-state index contributed by atoms with van der Waals surface area (Å²) < 4.78 is 5.81. The molecule has 6 heteroatoms. The number of carbonyl (C=O) groups is 2. The zero-order valence-corrected chi connectivity index (χ0v) is 17.8. The number of benzene rings is 3. The highest BCUT2D eigenvalue weighted by Crippen LogP contribution is 2.16. The van der Waals surface area contributed by atoms with Crippen molar-refractivity contribution in [2.24, 2.45) is 5.10 Å². The third-order valence-corrected chi connectivity index (χ3v) is 4.89.